The van der Waals surface area contributed by atoms with Gasteiger partial charge < -0.3 is 10.0 Å². The number of carbonyl (C=O) groups excluding carboxylic acids is 1. The van der Waals surface area contributed by atoms with Crippen LogP contribution in [0, 0.1) is 0 Å². The standard InChI is InChI=1S/C18H25Cl2N3O4S/c1-28(26,27)22-6-7-23(14(11-22)10-21-5-4-15(24)12-21)18(25)9-13-2-3-16(19)17(20)8-13/h2-3,8,14-15,24H,4-7,9-12H2,1H3/t14?,15-/m0/s1. The number of likely N-dealkylation sites (tertiary alicyclic amines) is 1. The van der Waals surface area contributed by atoms with E-state index in [4.69, 9.17) is 23.2 Å². The summed E-state index contributed by atoms with van der Waals surface area (Å²) in [5.41, 5.74) is 0.764. The molecule has 3 rings (SSSR count). The minimum atomic E-state index is -3.33. The van der Waals surface area contributed by atoms with Crippen molar-refractivity contribution in [2.24, 2.45) is 0 Å². The Bertz CT molecular complexity index is 836. The first-order chi connectivity index (χ1) is 13.1. The fourth-order valence-corrected chi connectivity index (χ4v) is 4.99. The molecule has 28 heavy (non-hydrogen) atoms. The van der Waals surface area contributed by atoms with Crippen molar-refractivity contribution in [3.63, 3.8) is 0 Å². The number of rotatable bonds is 5. The van der Waals surface area contributed by atoms with Crippen LogP contribution in [0.1, 0.15) is 12.0 Å². The normalized spacial score (nSPS) is 24.6. The lowest BCUT2D eigenvalue weighted by molar-refractivity contribution is -0.135. The average Bonchev–Trinajstić information content (AvgIpc) is 3.02. The monoisotopic (exact) mass is 449 g/mol. The number of nitrogens with zero attached hydrogens (tertiary/aromatic N) is 3. The molecule has 2 aliphatic rings. The third-order valence-corrected chi connectivity index (χ3v) is 7.30. The number of amides is 1. The van der Waals surface area contributed by atoms with Crippen molar-refractivity contribution < 1.29 is 18.3 Å². The van der Waals surface area contributed by atoms with Gasteiger partial charge in [-0.3, -0.25) is 9.69 Å². The van der Waals surface area contributed by atoms with E-state index in [2.05, 4.69) is 4.90 Å². The Balaban J connectivity index is 1.73. The van der Waals surface area contributed by atoms with Gasteiger partial charge in [0.2, 0.25) is 15.9 Å². The zero-order valence-corrected chi connectivity index (χ0v) is 18.0. The summed E-state index contributed by atoms with van der Waals surface area (Å²) in [6.45, 7) is 2.71. The summed E-state index contributed by atoms with van der Waals surface area (Å²) < 4.78 is 25.4. The highest BCUT2D eigenvalue weighted by Crippen LogP contribution is 2.24. The Morgan fingerprint density at radius 3 is 2.54 bits per heavy atom. The molecule has 10 heteroatoms. The first kappa shape index (κ1) is 21.8. The third-order valence-electron chi connectivity index (χ3n) is 5.29. The van der Waals surface area contributed by atoms with Crippen molar-refractivity contribution >= 4 is 39.1 Å². The van der Waals surface area contributed by atoms with Gasteiger partial charge in [-0.2, -0.15) is 4.31 Å². The number of piperazine rings is 1. The molecule has 7 nitrogen and oxygen atoms in total. The largest absolute Gasteiger partial charge is 0.392 e. The van der Waals surface area contributed by atoms with Crippen LogP contribution in [0.25, 0.3) is 0 Å². The van der Waals surface area contributed by atoms with Crippen LogP contribution in [0.3, 0.4) is 0 Å². The zero-order chi connectivity index (χ0) is 20.5. The second-order valence-electron chi connectivity index (χ2n) is 7.49. The molecule has 2 aliphatic heterocycles. The summed E-state index contributed by atoms with van der Waals surface area (Å²) in [6.07, 6.45) is 1.70. The fourth-order valence-electron chi connectivity index (χ4n) is 3.81. The minimum Gasteiger partial charge on any atom is -0.392 e. The quantitative estimate of drug-likeness (QED) is 0.726. The van der Waals surface area contributed by atoms with Gasteiger partial charge in [0.1, 0.15) is 0 Å². The van der Waals surface area contributed by atoms with Gasteiger partial charge in [0.05, 0.1) is 34.9 Å². The van der Waals surface area contributed by atoms with Gasteiger partial charge in [0.15, 0.2) is 0 Å². The molecule has 1 amide bonds. The molecule has 2 heterocycles. The summed E-state index contributed by atoms with van der Waals surface area (Å²) in [7, 11) is -3.33. The van der Waals surface area contributed by atoms with Crippen LogP contribution >= 0.6 is 23.2 Å². The predicted molar refractivity (Wildman–Crippen MR) is 109 cm³/mol. The van der Waals surface area contributed by atoms with E-state index in [1.165, 1.54) is 10.6 Å². The van der Waals surface area contributed by atoms with E-state index < -0.39 is 10.0 Å². The molecule has 0 spiro atoms. The zero-order valence-electron chi connectivity index (χ0n) is 15.7. The Hall–Kier alpha value is -0.900. The molecule has 1 aromatic carbocycles. The number of hydrogen-bond acceptors (Lipinski definition) is 5. The number of benzene rings is 1. The highest BCUT2D eigenvalue weighted by Gasteiger charge is 2.36. The predicted octanol–water partition coefficient (Wildman–Crippen LogP) is 1.07. The number of aliphatic hydroxyl groups is 1. The van der Waals surface area contributed by atoms with Gasteiger partial charge in [0.25, 0.3) is 0 Å². The Morgan fingerprint density at radius 1 is 1.18 bits per heavy atom. The van der Waals surface area contributed by atoms with Crippen LogP contribution in [-0.4, -0.2) is 91.2 Å². The molecule has 2 saturated heterocycles. The number of β-amino-alcohol motifs (C(OH)–C–C–N with tert-alkyl or cyclic N) is 1. The van der Waals surface area contributed by atoms with Crippen LogP contribution in [0.15, 0.2) is 18.2 Å². The molecule has 1 N–H and O–H groups in total. The summed E-state index contributed by atoms with van der Waals surface area (Å²) >= 11 is 12.0. The molecule has 156 valence electrons. The number of aliphatic hydroxyl groups excluding tert-OH is 1. The first-order valence-corrected chi connectivity index (χ1v) is 11.8. The van der Waals surface area contributed by atoms with E-state index in [1.54, 1.807) is 23.1 Å². The molecule has 0 radical (unpaired) electrons. The maximum Gasteiger partial charge on any atom is 0.227 e. The molecular formula is C18H25Cl2N3O4S. The summed E-state index contributed by atoms with van der Waals surface area (Å²) in [5, 5.41) is 10.6. The second kappa shape index (κ2) is 8.85. The Morgan fingerprint density at radius 2 is 1.93 bits per heavy atom. The molecule has 1 unspecified atom stereocenters. The molecule has 0 bridgehead atoms. The van der Waals surface area contributed by atoms with Crippen LogP contribution < -0.4 is 0 Å². The number of hydrogen-bond donors (Lipinski definition) is 1. The fraction of sp³-hybridized carbons (Fsp3) is 0.611. The van der Waals surface area contributed by atoms with E-state index >= 15 is 0 Å². The lowest BCUT2D eigenvalue weighted by Gasteiger charge is -2.42. The number of carbonyl (C=O) groups is 1. The van der Waals surface area contributed by atoms with Crippen molar-refractivity contribution in [2.45, 2.75) is 25.0 Å². The molecule has 2 atom stereocenters. The maximum absolute atomic E-state index is 13.0. The van der Waals surface area contributed by atoms with Crippen molar-refractivity contribution in [3.8, 4) is 0 Å². The van der Waals surface area contributed by atoms with E-state index in [0.29, 0.717) is 36.1 Å². The Kier molecular flexibility index (Phi) is 6.89. The Labute approximate surface area is 175 Å². The molecule has 1 aromatic rings. The van der Waals surface area contributed by atoms with Crippen LogP contribution in [-0.2, 0) is 21.2 Å². The van der Waals surface area contributed by atoms with Gasteiger partial charge in [-0.05, 0) is 24.1 Å². The molecule has 0 aromatic heterocycles. The van der Waals surface area contributed by atoms with E-state index in [-0.39, 0.29) is 37.6 Å². The van der Waals surface area contributed by atoms with Crippen molar-refractivity contribution in [1.29, 1.82) is 0 Å². The van der Waals surface area contributed by atoms with Gasteiger partial charge in [-0.1, -0.05) is 29.3 Å². The summed E-state index contributed by atoms with van der Waals surface area (Å²) in [6, 6.07) is 4.85. The minimum absolute atomic E-state index is 0.0729. The topological polar surface area (TPSA) is 81.2 Å². The summed E-state index contributed by atoms with van der Waals surface area (Å²) in [5.74, 6) is -0.0729. The lowest BCUT2D eigenvalue weighted by Crippen LogP contribution is -2.59. The van der Waals surface area contributed by atoms with Gasteiger partial charge >= 0.3 is 0 Å². The highest BCUT2D eigenvalue weighted by atomic mass is 35.5. The number of halogens is 2. The summed E-state index contributed by atoms with van der Waals surface area (Å²) in [4.78, 5) is 16.8. The van der Waals surface area contributed by atoms with Crippen LogP contribution in [0.4, 0.5) is 0 Å². The average molecular weight is 450 g/mol. The SMILES string of the molecule is CS(=O)(=O)N1CCN(C(=O)Cc2ccc(Cl)c(Cl)c2)C(CN2CC[C@H](O)C2)C1. The first-order valence-electron chi connectivity index (χ1n) is 9.22. The van der Waals surface area contributed by atoms with Gasteiger partial charge in [-0.25, -0.2) is 8.42 Å². The van der Waals surface area contributed by atoms with E-state index in [9.17, 15) is 18.3 Å². The van der Waals surface area contributed by atoms with Crippen LogP contribution in [0.5, 0.6) is 0 Å². The van der Waals surface area contributed by atoms with Gasteiger partial charge in [-0.15, -0.1) is 0 Å². The van der Waals surface area contributed by atoms with E-state index in [0.717, 1.165) is 12.1 Å². The van der Waals surface area contributed by atoms with Crippen molar-refractivity contribution in [2.75, 3.05) is 45.5 Å². The van der Waals surface area contributed by atoms with Crippen molar-refractivity contribution in [1.82, 2.24) is 14.1 Å². The van der Waals surface area contributed by atoms with Crippen LogP contribution in [0.2, 0.25) is 10.0 Å². The van der Waals surface area contributed by atoms with E-state index in [1.807, 2.05) is 0 Å². The maximum atomic E-state index is 13.0. The number of sulfonamides is 1. The lowest BCUT2D eigenvalue weighted by atomic mass is 10.1. The van der Waals surface area contributed by atoms with Gasteiger partial charge in [0, 0.05) is 39.3 Å². The smallest absolute Gasteiger partial charge is 0.227 e. The molecular weight excluding hydrogens is 425 g/mol. The highest BCUT2D eigenvalue weighted by molar-refractivity contribution is 7.88. The molecule has 2 fully saturated rings. The van der Waals surface area contributed by atoms with Crippen molar-refractivity contribution in [3.05, 3.63) is 33.8 Å². The third kappa shape index (κ3) is 5.37. The molecule has 0 saturated carbocycles. The molecule has 0 aliphatic carbocycles. The second-order valence-corrected chi connectivity index (χ2v) is 10.3.